The van der Waals surface area contributed by atoms with Crippen LogP contribution in [0.4, 0.5) is 4.79 Å². The Bertz CT molecular complexity index is 476. The first-order valence-electron chi connectivity index (χ1n) is 7.37. The molecule has 0 saturated carbocycles. The van der Waals surface area contributed by atoms with Gasteiger partial charge in [-0.05, 0) is 12.8 Å². The quantitative estimate of drug-likeness (QED) is 0.832. The number of amides is 1. The van der Waals surface area contributed by atoms with Gasteiger partial charge in [0.1, 0.15) is 0 Å². The van der Waals surface area contributed by atoms with Crippen LogP contribution >= 0.6 is 0 Å². The number of nitrogens with one attached hydrogen (secondary N) is 1. The molecule has 1 amide bonds. The predicted molar refractivity (Wildman–Crippen MR) is 79.7 cm³/mol. The summed E-state index contributed by atoms with van der Waals surface area (Å²) in [6.07, 6.45) is 5.32. The number of carbonyl (C=O) groups excluding carboxylic acids is 1. The van der Waals surface area contributed by atoms with Crippen molar-refractivity contribution in [1.82, 2.24) is 20.0 Å². The molecule has 3 N–H and O–H groups in total. The Hall–Kier alpha value is -1.60. The first-order chi connectivity index (χ1) is 10.0. The van der Waals surface area contributed by atoms with Crippen LogP contribution in [0.5, 0.6) is 0 Å². The van der Waals surface area contributed by atoms with E-state index in [9.17, 15) is 4.79 Å². The zero-order valence-corrected chi connectivity index (χ0v) is 13.0. The highest BCUT2D eigenvalue weighted by molar-refractivity contribution is 5.67. The van der Waals surface area contributed by atoms with Crippen LogP contribution in [-0.2, 0) is 11.8 Å². The average Bonchev–Trinajstić information content (AvgIpc) is 3.09. The number of likely N-dealkylation sites (tertiary alicyclic amines) is 1. The fourth-order valence-corrected chi connectivity index (χ4v) is 2.93. The summed E-state index contributed by atoms with van der Waals surface area (Å²) in [6, 6.07) is 0.292. The largest absolute Gasteiger partial charge is 0.453 e. The third-order valence-electron chi connectivity index (χ3n) is 4.06. The smallest absolute Gasteiger partial charge is 0.407 e. The van der Waals surface area contributed by atoms with Gasteiger partial charge in [-0.15, -0.1) is 0 Å². The Morgan fingerprint density at radius 3 is 3.00 bits per heavy atom. The molecule has 7 nitrogen and oxygen atoms in total. The van der Waals surface area contributed by atoms with Crippen LogP contribution in [0.25, 0.3) is 0 Å². The number of rotatable bonds is 5. The molecule has 1 fully saturated rings. The van der Waals surface area contributed by atoms with Gasteiger partial charge in [0.05, 0.1) is 19.3 Å². The highest BCUT2D eigenvalue weighted by Gasteiger charge is 2.33. The number of methoxy groups -OCH3 is 1. The number of nitrogens with two attached hydrogens (primary N) is 1. The second kappa shape index (κ2) is 6.91. The molecule has 1 saturated heterocycles. The average molecular weight is 295 g/mol. The Balaban J connectivity index is 2.07. The molecule has 21 heavy (non-hydrogen) atoms. The first-order valence-corrected chi connectivity index (χ1v) is 7.37. The van der Waals surface area contributed by atoms with Crippen molar-refractivity contribution in [3.63, 3.8) is 0 Å². The molecular weight excluding hydrogens is 270 g/mol. The first kappa shape index (κ1) is 15.8. The van der Waals surface area contributed by atoms with E-state index in [0.717, 1.165) is 31.5 Å². The van der Waals surface area contributed by atoms with Crippen molar-refractivity contribution in [2.75, 3.05) is 20.2 Å². The lowest BCUT2D eigenvalue weighted by Crippen LogP contribution is -2.42. The number of hydrogen-bond acceptors (Lipinski definition) is 5. The molecule has 0 aromatic carbocycles. The molecule has 0 spiro atoms. The van der Waals surface area contributed by atoms with E-state index in [0.29, 0.717) is 0 Å². The minimum Gasteiger partial charge on any atom is -0.453 e. The van der Waals surface area contributed by atoms with Gasteiger partial charge in [0.15, 0.2) is 0 Å². The van der Waals surface area contributed by atoms with Crippen LogP contribution < -0.4 is 11.1 Å². The van der Waals surface area contributed by atoms with Crippen molar-refractivity contribution < 1.29 is 9.53 Å². The van der Waals surface area contributed by atoms with Crippen molar-refractivity contribution in [3.05, 3.63) is 18.0 Å². The summed E-state index contributed by atoms with van der Waals surface area (Å²) in [5.41, 5.74) is 7.45. The van der Waals surface area contributed by atoms with Crippen molar-refractivity contribution in [2.24, 2.45) is 12.8 Å². The second-order valence-electron chi connectivity index (χ2n) is 5.58. The lowest BCUT2D eigenvalue weighted by atomic mass is 9.99. The number of alkyl carbamates (subject to hydrolysis) is 1. The standard InChI is InChI=1S/C14H25N5O2/c1-4-12(15)13(10-7-16-18(2)8-10)19-6-5-11(9-19)17-14(20)21-3/h7-8,11-13H,4-6,9,15H2,1-3H3,(H,17,20). The molecule has 7 heteroatoms. The fraction of sp³-hybridized carbons (Fsp3) is 0.714. The summed E-state index contributed by atoms with van der Waals surface area (Å²) in [5.74, 6) is 0. The molecule has 2 rings (SSSR count). The van der Waals surface area contributed by atoms with Crippen LogP contribution in [0.2, 0.25) is 0 Å². The summed E-state index contributed by atoms with van der Waals surface area (Å²) in [6.45, 7) is 3.78. The van der Waals surface area contributed by atoms with E-state index in [-0.39, 0.29) is 24.2 Å². The number of hydrogen-bond donors (Lipinski definition) is 2. The van der Waals surface area contributed by atoms with E-state index in [1.54, 1.807) is 4.68 Å². The Kier molecular flexibility index (Phi) is 5.19. The molecule has 3 atom stereocenters. The Labute approximate surface area is 125 Å². The molecule has 3 unspecified atom stereocenters. The van der Waals surface area contributed by atoms with E-state index in [2.05, 4.69) is 27.0 Å². The monoisotopic (exact) mass is 295 g/mol. The molecule has 1 aromatic rings. The topological polar surface area (TPSA) is 85.4 Å². The summed E-state index contributed by atoms with van der Waals surface area (Å²) in [7, 11) is 3.29. The molecular formula is C14H25N5O2. The lowest BCUT2D eigenvalue weighted by molar-refractivity contribution is 0.164. The number of nitrogens with zero attached hydrogens (tertiary/aromatic N) is 3. The zero-order valence-electron chi connectivity index (χ0n) is 13.0. The summed E-state index contributed by atoms with van der Waals surface area (Å²) < 4.78 is 6.45. The van der Waals surface area contributed by atoms with Crippen molar-refractivity contribution in [3.8, 4) is 0 Å². The number of carbonyl (C=O) groups is 1. The van der Waals surface area contributed by atoms with Gasteiger partial charge in [0.25, 0.3) is 0 Å². The third kappa shape index (κ3) is 3.74. The summed E-state index contributed by atoms with van der Waals surface area (Å²) in [4.78, 5) is 13.6. The van der Waals surface area contributed by atoms with Gasteiger partial charge < -0.3 is 15.8 Å². The van der Waals surface area contributed by atoms with Gasteiger partial charge in [-0.25, -0.2) is 4.79 Å². The maximum Gasteiger partial charge on any atom is 0.407 e. The molecule has 118 valence electrons. The SMILES string of the molecule is CCC(N)C(c1cnn(C)c1)N1CCC(NC(=O)OC)C1. The van der Waals surface area contributed by atoms with Crippen LogP contribution in [0.3, 0.4) is 0 Å². The molecule has 0 bridgehead atoms. The van der Waals surface area contributed by atoms with Gasteiger partial charge in [-0.3, -0.25) is 9.58 Å². The van der Waals surface area contributed by atoms with E-state index < -0.39 is 0 Å². The van der Waals surface area contributed by atoms with Gasteiger partial charge in [-0.1, -0.05) is 6.92 Å². The molecule has 1 aliphatic heterocycles. The summed E-state index contributed by atoms with van der Waals surface area (Å²) in [5, 5.41) is 7.11. The predicted octanol–water partition coefficient (Wildman–Crippen LogP) is 0.629. The highest BCUT2D eigenvalue weighted by atomic mass is 16.5. The Morgan fingerprint density at radius 1 is 1.67 bits per heavy atom. The van der Waals surface area contributed by atoms with Crippen LogP contribution in [-0.4, -0.2) is 53.1 Å². The lowest BCUT2D eigenvalue weighted by Gasteiger charge is -2.31. The third-order valence-corrected chi connectivity index (χ3v) is 4.06. The number of aryl methyl sites for hydroxylation is 1. The molecule has 2 heterocycles. The normalized spacial score (nSPS) is 22.0. The van der Waals surface area contributed by atoms with Gasteiger partial charge in [-0.2, -0.15) is 5.10 Å². The maximum atomic E-state index is 11.3. The maximum absolute atomic E-state index is 11.3. The van der Waals surface area contributed by atoms with Crippen LogP contribution in [0.1, 0.15) is 31.4 Å². The van der Waals surface area contributed by atoms with E-state index in [4.69, 9.17) is 5.73 Å². The minimum atomic E-state index is -0.375. The van der Waals surface area contributed by atoms with Crippen molar-refractivity contribution in [1.29, 1.82) is 0 Å². The van der Waals surface area contributed by atoms with Gasteiger partial charge in [0.2, 0.25) is 0 Å². The van der Waals surface area contributed by atoms with Gasteiger partial charge >= 0.3 is 6.09 Å². The zero-order chi connectivity index (χ0) is 15.4. The summed E-state index contributed by atoms with van der Waals surface area (Å²) >= 11 is 0. The molecule has 0 aliphatic carbocycles. The molecule has 1 aromatic heterocycles. The van der Waals surface area contributed by atoms with Crippen molar-refractivity contribution in [2.45, 2.75) is 37.9 Å². The number of aromatic nitrogens is 2. The van der Waals surface area contributed by atoms with Crippen LogP contribution in [0, 0.1) is 0 Å². The fourth-order valence-electron chi connectivity index (χ4n) is 2.93. The van der Waals surface area contributed by atoms with E-state index >= 15 is 0 Å². The van der Waals surface area contributed by atoms with E-state index in [1.807, 2.05) is 19.4 Å². The molecule has 0 radical (unpaired) electrons. The Morgan fingerprint density at radius 2 is 2.43 bits per heavy atom. The van der Waals surface area contributed by atoms with Gasteiger partial charge in [0, 0.05) is 44.0 Å². The van der Waals surface area contributed by atoms with E-state index in [1.165, 1.54) is 7.11 Å². The van der Waals surface area contributed by atoms with Crippen LogP contribution in [0.15, 0.2) is 12.4 Å². The second-order valence-corrected chi connectivity index (χ2v) is 5.58. The molecule has 1 aliphatic rings. The minimum absolute atomic E-state index is 0.0473. The van der Waals surface area contributed by atoms with Crippen molar-refractivity contribution >= 4 is 6.09 Å². The number of ether oxygens (including phenoxy) is 1. The highest BCUT2D eigenvalue weighted by Crippen LogP contribution is 2.28.